The van der Waals surface area contributed by atoms with E-state index in [4.69, 9.17) is 5.73 Å². The van der Waals surface area contributed by atoms with Crippen LogP contribution in [-0.4, -0.2) is 9.55 Å². The average molecular weight is 257 g/mol. The summed E-state index contributed by atoms with van der Waals surface area (Å²) in [5.74, 6) is 2.02. The Morgan fingerprint density at radius 1 is 1.26 bits per heavy atom. The highest BCUT2D eigenvalue weighted by Gasteiger charge is 2.14. The maximum Gasteiger partial charge on any atom is 0.106 e. The Balaban J connectivity index is 1.78. The van der Waals surface area contributed by atoms with Crippen molar-refractivity contribution in [3.8, 4) is 0 Å². The topological polar surface area (TPSA) is 43.8 Å². The molecule has 1 fully saturated rings. The summed E-state index contributed by atoms with van der Waals surface area (Å²) in [5, 5.41) is 0. The minimum Gasteiger partial charge on any atom is -0.399 e. The number of imidazole rings is 1. The van der Waals surface area contributed by atoms with Gasteiger partial charge in [0.15, 0.2) is 0 Å². The van der Waals surface area contributed by atoms with Gasteiger partial charge in [0.1, 0.15) is 5.82 Å². The number of aromatic nitrogens is 2. The number of hydrogen-bond acceptors (Lipinski definition) is 2. The lowest BCUT2D eigenvalue weighted by atomic mass is 9.87. The first-order valence-corrected chi connectivity index (χ1v) is 7.46. The minimum atomic E-state index is 0.796. The molecule has 1 aliphatic rings. The molecule has 0 aliphatic heterocycles. The summed E-state index contributed by atoms with van der Waals surface area (Å²) in [7, 11) is 0. The largest absolute Gasteiger partial charge is 0.399 e. The molecule has 2 N–H and O–H groups in total. The summed E-state index contributed by atoms with van der Waals surface area (Å²) in [5.41, 5.74) is 8.87. The van der Waals surface area contributed by atoms with E-state index < -0.39 is 0 Å². The Bertz CT molecular complexity index is 565. The molecule has 102 valence electrons. The number of aryl methyl sites for hydroxylation is 2. The van der Waals surface area contributed by atoms with Gasteiger partial charge in [-0.3, -0.25) is 0 Å². The third kappa shape index (κ3) is 2.60. The Hall–Kier alpha value is -1.51. The van der Waals surface area contributed by atoms with Crippen LogP contribution in [0.5, 0.6) is 0 Å². The first kappa shape index (κ1) is 12.5. The van der Waals surface area contributed by atoms with Crippen LogP contribution in [0.3, 0.4) is 0 Å². The first-order chi connectivity index (χ1) is 9.24. The van der Waals surface area contributed by atoms with Crippen molar-refractivity contribution in [1.29, 1.82) is 0 Å². The fourth-order valence-electron chi connectivity index (χ4n) is 3.34. The molecule has 3 rings (SSSR count). The SMILES string of the molecule is Cc1nc2cc(N)ccc2n1CCC1CCCCC1. The van der Waals surface area contributed by atoms with Crippen molar-refractivity contribution in [1.82, 2.24) is 9.55 Å². The van der Waals surface area contributed by atoms with Crippen LogP contribution in [0.4, 0.5) is 5.69 Å². The Morgan fingerprint density at radius 3 is 2.84 bits per heavy atom. The van der Waals surface area contributed by atoms with E-state index in [1.54, 1.807) is 0 Å². The second-order valence-corrected chi connectivity index (χ2v) is 5.85. The van der Waals surface area contributed by atoms with E-state index in [1.807, 2.05) is 12.1 Å². The highest BCUT2D eigenvalue weighted by molar-refractivity contribution is 5.79. The van der Waals surface area contributed by atoms with Crippen molar-refractivity contribution < 1.29 is 0 Å². The molecule has 2 aromatic rings. The third-order valence-electron chi connectivity index (χ3n) is 4.45. The highest BCUT2D eigenvalue weighted by atomic mass is 15.1. The van der Waals surface area contributed by atoms with Gasteiger partial charge < -0.3 is 10.3 Å². The van der Waals surface area contributed by atoms with E-state index in [1.165, 1.54) is 44.0 Å². The highest BCUT2D eigenvalue weighted by Crippen LogP contribution is 2.28. The van der Waals surface area contributed by atoms with E-state index in [2.05, 4.69) is 22.5 Å². The van der Waals surface area contributed by atoms with E-state index >= 15 is 0 Å². The number of nitrogens with zero attached hydrogens (tertiary/aromatic N) is 2. The summed E-state index contributed by atoms with van der Waals surface area (Å²) in [6, 6.07) is 6.05. The van der Waals surface area contributed by atoms with Gasteiger partial charge >= 0.3 is 0 Å². The Labute approximate surface area is 114 Å². The van der Waals surface area contributed by atoms with Crippen molar-refractivity contribution in [2.24, 2.45) is 5.92 Å². The second-order valence-electron chi connectivity index (χ2n) is 5.85. The van der Waals surface area contributed by atoms with Crippen molar-refractivity contribution >= 4 is 16.7 Å². The number of anilines is 1. The lowest BCUT2D eigenvalue weighted by molar-refractivity contribution is 0.324. The standard InChI is InChI=1S/C16H23N3/c1-12-18-15-11-14(17)7-8-16(15)19(12)10-9-13-5-3-2-4-6-13/h7-8,11,13H,2-6,9-10,17H2,1H3. The van der Waals surface area contributed by atoms with Crippen LogP contribution < -0.4 is 5.73 Å². The zero-order valence-electron chi connectivity index (χ0n) is 11.7. The fraction of sp³-hybridized carbons (Fsp3) is 0.562. The van der Waals surface area contributed by atoms with Crippen LogP contribution >= 0.6 is 0 Å². The normalized spacial score (nSPS) is 17.1. The summed E-state index contributed by atoms with van der Waals surface area (Å²) in [6.45, 7) is 3.19. The van der Waals surface area contributed by atoms with Gasteiger partial charge in [0.25, 0.3) is 0 Å². The Morgan fingerprint density at radius 2 is 2.05 bits per heavy atom. The van der Waals surface area contributed by atoms with Crippen LogP contribution in [-0.2, 0) is 6.54 Å². The molecule has 0 atom stereocenters. The maximum absolute atomic E-state index is 5.82. The van der Waals surface area contributed by atoms with Crippen molar-refractivity contribution in [3.05, 3.63) is 24.0 Å². The van der Waals surface area contributed by atoms with Gasteiger partial charge in [-0.05, 0) is 37.5 Å². The molecule has 3 nitrogen and oxygen atoms in total. The van der Waals surface area contributed by atoms with Crippen LogP contribution in [0.1, 0.15) is 44.3 Å². The second kappa shape index (κ2) is 5.24. The van der Waals surface area contributed by atoms with Gasteiger partial charge in [0, 0.05) is 12.2 Å². The van der Waals surface area contributed by atoms with Gasteiger partial charge in [-0.25, -0.2) is 4.98 Å². The molecule has 0 bridgehead atoms. The molecule has 1 saturated carbocycles. The molecule has 0 radical (unpaired) electrons. The van der Waals surface area contributed by atoms with Crippen molar-refractivity contribution in [2.45, 2.75) is 52.0 Å². The quantitative estimate of drug-likeness (QED) is 0.847. The lowest BCUT2D eigenvalue weighted by Gasteiger charge is -2.21. The molecular weight excluding hydrogens is 234 g/mol. The molecule has 1 aliphatic carbocycles. The van der Waals surface area contributed by atoms with E-state index in [-0.39, 0.29) is 0 Å². The van der Waals surface area contributed by atoms with Crippen LogP contribution in [0, 0.1) is 12.8 Å². The molecule has 0 amide bonds. The number of nitrogen functional groups attached to an aromatic ring is 1. The summed E-state index contributed by atoms with van der Waals surface area (Å²) in [4.78, 5) is 4.62. The molecular formula is C16H23N3. The predicted molar refractivity (Wildman–Crippen MR) is 80.1 cm³/mol. The van der Waals surface area contributed by atoms with Gasteiger partial charge in [-0.1, -0.05) is 32.1 Å². The van der Waals surface area contributed by atoms with Crippen LogP contribution in [0.2, 0.25) is 0 Å². The van der Waals surface area contributed by atoms with Gasteiger partial charge in [-0.2, -0.15) is 0 Å². The van der Waals surface area contributed by atoms with E-state index in [9.17, 15) is 0 Å². The van der Waals surface area contributed by atoms with E-state index in [0.717, 1.165) is 29.5 Å². The number of hydrogen-bond donors (Lipinski definition) is 1. The average Bonchev–Trinajstić information content (AvgIpc) is 2.72. The zero-order valence-corrected chi connectivity index (χ0v) is 11.7. The number of nitrogens with two attached hydrogens (primary N) is 1. The van der Waals surface area contributed by atoms with Gasteiger partial charge in [0.05, 0.1) is 11.0 Å². The number of fused-ring (bicyclic) bond motifs is 1. The molecule has 1 aromatic carbocycles. The minimum absolute atomic E-state index is 0.796. The van der Waals surface area contributed by atoms with Crippen molar-refractivity contribution in [3.63, 3.8) is 0 Å². The van der Waals surface area contributed by atoms with E-state index in [0.29, 0.717) is 0 Å². The molecule has 0 spiro atoms. The fourth-order valence-corrected chi connectivity index (χ4v) is 3.34. The van der Waals surface area contributed by atoms with Gasteiger partial charge in [-0.15, -0.1) is 0 Å². The predicted octanol–water partition coefficient (Wildman–Crippen LogP) is 3.90. The van der Waals surface area contributed by atoms with Crippen molar-refractivity contribution in [2.75, 3.05) is 5.73 Å². The molecule has 1 heterocycles. The first-order valence-electron chi connectivity index (χ1n) is 7.46. The smallest absolute Gasteiger partial charge is 0.106 e. The molecule has 1 aromatic heterocycles. The molecule has 0 saturated heterocycles. The van der Waals surface area contributed by atoms with Gasteiger partial charge in [0.2, 0.25) is 0 Å². The number of rotatable bonds is 3. The third-order valence-corrected chi connectivity index (χ3v) is 4.45. The molecule has 3 heteroatoms. The monoisotopic (exact) mass is 257 g/mol. The lowest BCUT2D eigenvalue weighted by Crippen LogP contribution is -2.10. The summed E-state index contributed by atoms with van der Waals surface area (Å²) >= 11 is 0. The zero-order chi connectivity index (χ0) is 13.2. The number of benzene rings is 1. The summed E-state index contributed by atoms with van der Waals surface area (Å²) in [6.07, 6.45) is 8.40. The van der Waals surface area contributed by atoms with Crippen LogP contribution in [0.15, 0.2) is 18.2 Å². The van der Waals surface area contributed by atoms with Crippen LogP contribution in [0.25, 0.3) is 11.0 Å². The maximum atomic E-state index is 5.82. The summed E-state index contributed by atoms with van der Waals surface area (Å²) < 4.78 is 2.35. The Kier molecular flexibility index (Phi) is 3.45. The molecule has 0 unspecified atom stereocenters. The molecule has 19 heavy (non-hydrogen) atoms.